The third-order valence-electron chi connectivity index (χ3n) is 4.19. The van der Waals surface area contributed by atoms with Crippen molar-refractivity contribution < 1.29 is 22.1 Å². The van der Waals surface area contributed by atoms with Gasteiger partial charge in [0, 0.05) is 12.0 Å². The minimum absolute atomic E-state index is 0.159. The summed E-state index contributed by atoms with van der Waals surface area (Å²) in [5.74, 6) is 1.04. The lowest BCUT2D eigenvalue weighted by Crippen LogP contribution is -2.11. The largest absolute Gasteiger partial charge is 0.489 e. The number of Topliss-reactive ketones (excluding diaryl/α,β-unsaturated/α-hetero) is 1. The molecule has 6 heteroatoms. The van der Waals surface area contributed by atoms with Crippen molar-refractivity contribution >= 4 is 15.9 Å². The van der Waals surface area contributed by atoms with Crippen molar-refractivity contribution in [1.29, 1.82) is 0 Å². The van der Waals surface area contributed by atoms with Crippen molar-refractivity contribution in [2.45, 2.75) is 32.8 Å². The molecule has 1 aliphatic carbocycles. The fourth-order valence-electron chi connectivity index (χ4n) is 2.89. The monoisotopic (exact) mass is 360 g/mol. The van der Waals surface area contributed by atoms with Crippen LogP contribution in [0.1, 0.15) is 39.9 Å². The molecule has 0 N–H and O–H groups in total. The average Bonchev–Trinajstić information content (AvgIpc) is 2.54. The van der Waals surface area contributed by atoms with Crippen molar-refractivity contribution in [1.82, 2.24) is 0 Å². The first-order valence-corrected chi connectivity index (χ1v) is 9.91. The van der Waals surface area contributed by atoms with Crippen molar-refractivity contribution in [3.8, 4) is 11.5 Å². The zero-order chi connectivity index (χ0) is 18.0. The Balaban J connectivity index is 1.76. The fraction of sp³-hybridized carbons (Fsp3) is 0.316. The van der Waals surface area contributed by atoms with Crippen LogP contribution in [0.3, 0.4) is 0 Å². The summed E-state index contributed by atoms with van der Waals surface area (Å²) in [5, 5.41) is 0. The Morgan fingerprint density at radius 2 is 1.80 bits per heavy atom. The second kappa shape index (κ2) is 6.88. The zero-order valence-electron chi connectivity index (χ0n) is 14.2. The molecular formula is C19H20O5S. The first-order chi connectivity index (χ1) is 11.8. The van der Waals surface area contributed by atoms with Gasteiger partial charge in [0.2, 0.25) is 0 Å². The van der Waals surface area contributed by atoms with E-state index in [4.69, 9.17) is 8.92 Å². The molecule has 2 aromatic rings. The van der Waals surface area contributed by atoms with E-state index in [1.165, 1.54) is 0 Å². The minimum atomic E-state index is -3.57. The third-order valence-corrected chi connectivity index (χ3v) is 4.69. The summed E-state index contributed by atoms with van der Waals surface area (Å²) in [5.41, 5.74) is 3.61. The quantitative estimate of drug-likeness (QED) is 0.764. The molecule has 5 nitrogen and oxygen atoms in total. The molecule has 25 heavy (non-hydrogen) atoms. The predicted octanol–water partition coefficient (Wildman–Crippen LogP) is 3.43. The van der Waals surface area contributed by atoms with Crippen LogP contribution >= 0.6 is 0 Å². The molecule has 0 heterocycles. The topological polar surface area (TPSA) is 69.7 Å². The highest BCUT2D eigenvalue weighted by Gasteiger charge is 2.17. The van der Waals surface area contributed by atoms with Crippen LogP contribution in [0.5, 0.6) is 11.5 Å². The Bertz CT molecular complexity index is 915. The van der Waals surface area contributed by atoms with Crippen LogP contribution in [0.15, 0.2) is 36.4 Å². The summed E-state index contributed by atoms with van der Waals surface area (Å²) in [6.07, 6.45) is 3.41. The molecule has 0 saturated heterocycles. The van der Waals surface area contributed by atoms with Crippen LogP contribution in [0.25, 0.3) is 0 Å². The Kier molecular flexibility index (Phi) is 4.81. The molecular weight excluding hydrogens is 340 g/mol. The average molecular weight is 360 g/mol. The second-order valence-electron chi connectivity index (χ2n) is 6.26. The molecule has 0 unspecified atom stereocenters. The van der Waals surface area contributed by atoms with E-state index in [9.17, 15) is 13.2 Å². The number of carbonyl (C=O) groups excluding carboxylic acids is 1. The summed E-state index contributed by atoms with van der Waals surface area (Å²) in [4.78, 5) is 12.0. The van der Waals surface area contributed by atoms with E-state index < -0.39 is 10.1 Å². The van der Waals surface area contributed by atoms with E-state index >= 15 is 0 Å². The third kappa shape index (κ3) is 4.39. The Hall–Kier alpha value is -2.34. The molecule has 0 aromatic heterocycles. The van der Waals surface area contributed by atoms with Crippen LogP contribution in [-0.2, 0) is 23.1 Å². The molecule has 0 saturated carbocycles. The maximum atomic E-state index is 12.0. The minimum Gasteiger partial charge on any atom is -0.489 e. The van der Waals surface area contributed by atoms with Crippen LogP contribution in [-0.4, -0.2) is 20.5 Å². The fourth-order valence-corrected chi connectivity index (χ4v) is 3.34. The van der Waals surface area contributed by atoms with Gasteiger partial charge >= 0.3 is 10.1 Å². The molecule has 1 aliphatic rings. The number of aryl methyl sites for hydroxylation is 2. The van der Waals surface area contributed by atoms with Crippen molar-refractivity contribution in [3.63, 3.8) is 0 Å². The van der Waals surface area contributed by atoms with Crippen molar-refractivity contribution in [2.24, 2.45) is 0 Å². The molecule has 0 atom stereocenters. The highest BCUT2D eigenvalue weighted by atomic mass is 32.2. The van der Waals surface area contributed by atoms with Gasteiger partial charge in [-0.1, -0.05) is 12.1 Å². The molecule has 0 amide bonds. The summed E-state index contributed by atoms with van der Waals surface area (Å²) in [7, 11) is -3.57. The molecule has 132 valence electrons. The summed E-state index contributed by atoms with van der Waals surface area (Å²) in [6, 6.07) is 10.7. The number of carbonyl (C=O) groups is 1. The maximum absolute atomic E-state index is 12.0. The van der Waals surface area contributed by atoms with Gasteiger partial charge in [-0.15, -0.1) is 0 Å². The molecule has 0 aliphatic heterocycles. The van der Waals surface area contributed by atoms with E-state index in [1.807, 2.05) is 19.1 Å². The van der Waals surface area contributed by atoms with E-state index in [0.717, 1.165) is 41.4 Å². The number of benzene rings is 2. The molecule has 0 radical (unpaired) electrons. The normalized spacial score (nSPS) is 14.1. The van der Waals surface area contributed by atoms with Crippen LogP contribution < -0.4 is 8.92 Å². The van der Waals surface area contributed by atoms with Gasteiger partial charge in [0.25, 0.3) is 0 Å². The van der Waals surface area contributed by atoms with Gasteiger partial charge in [0.05, 0.1) is 6.26 Å². The molecule has 0 spiro atoms. The van der Waals surface area contributed by atoms with Gasteiger partial charge in [-0.25, -0.2) is 0 Å². The number of fused-ring (bicyclic) bond motifs is 1. The van der Waals surface area contributed by atoms with Gasteiger partial charge in [0.15, 0.2) is 5.78 Å². The van der Waals surface area contributed by atoms with Crippen LogP contribution in [0, 0.1) is 6.92 Å². The second-order valence-corrected chi connectivity index (χ2v) is 7.84. The Morgan fingerprint density at radius 3 is 2.56 bits per heavy atom. The maximum Gasteiger partial charge on any atom is 0.306 e. The highest BCUT2D eigenvalue weighted by Crippen LogP contribution is 2.26. The molecule has 0 fully saturated rings. The number of hydrogen-bond donors (Lipinski definition) is 0. The van der Waals surface area contributed by atoms with Gasteiger partial charge in [-0.2, -0.15) is 8.42 Å². The van der Waals surface area contributed by atoms with Crippen LogP contribution in [0.4, 0.5) is 0 Å². The first-order valence-electron chi connectivity index (χ1n) is 8.10. The zero-order valence-corrected chi connectivity index (χ0v) is 15.1. The SMILES string of the molecule is Cc1ccc(OS(C)(=O)=O)cc1COc1ccc2c(c1)C(=O)CCC2. The summed E-state index contributed by atoms with van der Waals surface area (Å²) < 4.78 is 33.2. The van der Waals surface area contributed by atoms with Crippen LogP contribution in [0.2, 0.25) is 0 Å². The highest BCUT2D eigenvalue weighted by molar-refractivity contribution is 7.86. The number of hydrogen-bond acceptors (Lipinski definition) is 5. The summed E-state index contributed by atoms with van der Waals surface area (Å²) in [6.45, 7) is 2.18. The van der Waals surface area contributed by atoms with E-state index in [1.54, 1.807) is 24.3 Å². The molecule has 2 aromatic carbocycles. The lowest BCUT2D eigenvalue weighted by Gasteiger charge is -2.16. The van der Waals surface area contributed by atoms with Gasteiger partial charge in [-0.05, 0) is 60.7 Å². The Labute approximate surface area is 147 Å². The first kappa shape index (κ1) is 17.5. The Morgan fingerprint density at radius 1 is 1.04 bits per heavy atom. The number of ketones is 1. The van der Waals surface area contributed by atoms with E-state index in [2.05, 4.69) is 0 Å². The van der Waals surface area contributed by atoms with Gasteiger partial charge in [-0.3, -0.25) is 4.79 Å². The van der Waals surface area contributed by atoms with E-state index in [-0.39, 0.29) is 18.1 Å². The van der Waals surface area contributed by atoms with Gasteiger partial charge < -0.3 is 8.92 Å². The predicted molar refractivity (Wildman–Crippen MR) is 94.7 cm³/mol. The standard InChI is InChI=1S/C19H20O5S/c1-13-6-8-17(24-25(2,21)22)10-15(13)12-23-16-9-7-14-4-3-5-19(20)18(14)11-16/h6-11H,3-5,12H2,1-2H3. The lowest BCUT2D eigenvalue weighted by molar-refractivity contribution is 0.0972. The number of rotatable bonds is 5. The van der Waals surface area contributed by atoms with Gasteiger partial charge in [0.1, 0.15) is 18.1 Å². The number of ether oxygens (including phenoxy) is 1. The smallest absolute Gasteiger partial charge is 0.306 e. The van der Waals surface area contributed by atoms with E-state index in [0.29, 0.717) is 12.2 Å². The summed E-state index contributed by atoms with van der Waals surface area (Å²) >= 11 is 0. The van der Waals surface area contributed by atoms with Crippen molar-refractivity contribution in [2.75, 3.05) is 6.26 Å². The molecule has 0 bridgehead atoms. The lowest BCUT2D eigenvalue weighted by atomic mass is 9.90. The molecule has 3 rings (SSSR count). The van der Waals surface area contributed by atoms with Crippen molar-refractivity contribution in [3.05, 3.63) is 58.7 Å².